The monoisotopic (exact) mass is 465 g/mol. The second-order valence-electron chi connectivity index (χ2n) is 9.12. The zero-order chi connectivity index (χ0) is 23.4. The molecule has 6 rings (SSSR count). The standard InChI is InChI=1S/C23H27N7O4/c1-24-16-8-19(26-15-4-3-7-29(23(15)32)20-12-10-34-11-13(12)20)28-30-17(9-25-21(16)30)22(31)27-14-5-6-18(14)33-2/h3-4,7-9,12-14,18,20,24H,5-6,10-11H2,1-2H3,(H,26,28)(H,27,31)/t12-,13+,14?,18?,20+. The second kappa shape index (κ2) is 8.10. The molecule has 178 valence electrons. The number of hydrogen-bond donors (Lipinski definition) is 3. The number of anilines is 3. The van der Waals surface area contributed by atoms with Crippen LogP contribution in [0.4, 0.5) is 17.2 Å². The third kappa shape index (κ3) is 3.34. The Morgan fingerprint density at radius 1 is 1.24 bits per heavy atom. The zero-order valence-electron chi connectivity index (χ0n) is 19.0. The summed E-state index contributed by atoms with van der Waals surface area (Å²) in [5, 5.41) is 13.8. The molecule has 3 N–H and O–H groups in total. The first-order chi connectivity index (χ1) is 16.6. The quantitative estimate of drug-likeness (QED) is 0.478. The Kier molecular flexibility index (Phi) is 5.03. The van der Waals surface area contributed by atoms with Crippen LogP contribution in [-0.2, 0) is 9.47 Å². The third-order valence-electron chi connectivity index (χ3n) is 7.27. The van der Waals surface area contributed by atoms with Crippen molar-refractivity contribution in [2.45, 2.75) is 31.0 Å². The highest BCUT2D eigenvalue weighted by Crippen LogP contribution is 2.53. The minimum Gasteiger partial charge on any atom is -0.385 e. The van der Waals surface area contributed by atoms with Gasteiger partial charge >= 0.3 is 0 Å². The van der Waals surface area contributed by atoms with Gasteiger partial charge in [0.25, 0.3) is 11.5 Å². The van der Waals surface area contributed by atoms with E-state index in [9.17, 15) is 9.59 Å². The molecule has 5 atom stereocenters. The van der Waals surface area contributed by atoms with Gasteiger partial charge in [-0.2, -0.15) is 0 Å². The van der Waals surface area contributed by atoms with Gasteiger partial charge in [-0.15, -0.1) is 5.10 Å². The maximum atomic E-state index is 13.2. The summed E-state index contributed by atoms with van der Waals surface area (Å²) in [6.07, 6.45) is 5.16. The Labute approximate surface area is 195 Å². The number of carbonyl (C=O) groups is 1. The van der Waals surface area contributed by atoms with Crippen molar-refractivity contribution in [2.24, 2.45) is 11.8 Å². The topological polar surface area (TPSA) is 124 Å². The first kappa shape index (κ1) is 21.1. The number of amides is 1. The van der Waals surface area contributed by atoms with Crippen LogP contribution < -0.4 is 21.5 Å². The molecule has 4 heterocycles. The van der Waals surface area contributed by atoms with Gasteiger partial charge in [-0.25, -0.2) is 9.50 Å². The number of hydrogen-bond acceptors (Lipinski definition) is 8. The molecule has 3 fully saturated rings. The summed E-state index contributed by atoms with van der Waals surface area (Å²) in [7, 11) is 3.42. The molecular weight excluding hydrogens is 438 g/mol. The van der Waals surface area contributed by atoms with Gasteiger partial charge in [0.05, 0.1) is 37.2 Å². The van der Waals surface area contributed by atoms with E-state index in [4.69, 9.17) is 9.47 Å². The van der Waals surface area contributed by atoms with Crippen LogP contribution in [0.2, 0.25) is 0 Å². The molecule has 0 radical (unpaired) electrons. The molecule has 2 aliphatic carbocycles. The Bertz CT molecular complexity index is 1310. The lowest BCUT2D eigenvalue weighted by Gasteiger charge is -2.35. The summed E-state index contributed by atoms with van der Waals surface area (Å²) in [4.78, 5) is 30.5. The van der Waals surface area contributed by atoms with Crippen LogP contribution in [-0.4, -0.2) is 64.6 Å². The minimum absolute atomic E-state index is 0.0248. The number of ether oxygens (including phenoxy) is 2. The van der Waals surface area contributed by atoms with E-state index < -0.39 is 0 Å². The predicted octanol–water partition coefficient (Wildman–Crippen LogP) is 1.40. The number of methoxy groups -OCH3 is 1. The molecule has 0 aromatic carbocycles. The van der Waals surface area contributed by atoms with E-state index in [1.807, 2.05) is 12.3 Å². The summed E-state index contributed by atoms with van der Waals surface area (Å²) in [6.45, 7) is 1.42. The van der Waals surface area contributed by atoms with E-state index in [0.29, 0.717) is 53.6 Å². The Balaban J connectivity index is 1.30. The lowest BCUT2D eigenvalue weighted by Crippen LogP contribution is -2.51. The summed E-state index contributed by atoms with van der Waals surface area (Å²) < 4.78 is 14.1. The number of pyridine rings is 1. The van der Waals surface area contributed by atoms with Crippen LogP contribution in [0.1, 0.15) is 29.4 Å². The molecule has 1 aliphatic heterocycles. The molecule has 3 aromatic rings. The average Bonchev–Trinajstić information content (AvgIpc) is 3.15. The molecule has 0 bridgehead atoms. The lowest BCUT2D eigenvalue weighted by molar-refractivity contribution is 0.00718. The van der Waals surface area contributed by atoms with Crippen LogP contribution in [0.3, 0.4) is 0 Å². The maximum Gasteiger partial charge on any atom is 0.274 e. The highest BCUT2D eigenvalue weighted by molar-refractivity contribution is 5.94. The van der Waals surface area contributed by atoms with Gasteiger partial charge < -0.3 is 30.0 Å². The highest BCUT2D eigenvalue weighted by atomic mass is 16.5. The number of carbonyl (C=O) groups excluding carboxylic acids is 1. The number of nitrogens with one attached hydrogen (secondary N) is 3. The van der Waals surface area contributed by atoms with Gasteiger partial charge in [0.15, 0.2) is 17.2 Å². The van der Waals surface area contributed by atoms with Gasteiger partial charge in [-0.1, -0.05) is 0 Å². The number of aromatic nitrogens is 4. The predicted molar refractivity (Wildman–Crippen MR) is 125 cm³/mol. The maximum absolute atomic E-state index is 13.2. The Morgan fingerprint density at radius 2 is 2.06 bits per heavy atom. The van der Waals surface area contributed by atoms with Crippen molar-refractivity contribution >= 4 is 28.7 Å². The van der Waals surface area contributed by atoms with Crippen LogP contribution in [0, 0.1) is 11.8 Å². The van der Waals surface area contributed by atoms with Crippen LogP contribution >= 0.6 is 0 Å². The van der Waals surface area contributed by atoms with Gasteiger partial charge in [0.2, 0.25) is 0 Å². The SMILES string of the molecule is CNc1cc(Nc2cccn([C@H]3[C@@H]4COC[C@@H]43)c2=O)nn2c(C(=O)NC3CCC3OC)cnc12. The van der Waals surface area contributed by atoms with E-state index >= 15 is 0 Å². The van der Waals surface area contributed by atoms with Crippen molar-refractivity contribution in [3.05, 3.63) is 46.6 Å². The number of imidazole rings is 1. The number of fused-ring (bicyclic) bond motifs is 2. The third-order valence-corrected chi connectivity index (χ3v) is 7.27. The van der Waals surface area contributed by atoms with Crippen LogP contribution in [0.5, 0.6) is 0 Å². The van der Waals surface area contributed by atoms with Gasteiger partial charge in [0.1, 0.15) is 5.69 Å². The number of rotatable bonds is 7. The molecule has 0 spiro atoms. The Morgan fingerprint density at radius 3 is 2.76 bits per heavy atom. The van der Waals surface area contributed by atoms with Crippen molar-refractivity contribution in [1.29, 1.82) is 0 Å². The molecule has 2 unspecified atom stereocenters. The lowest BCUT2D eigenvalue weighted by atomic mass is 9.89. The molecular formula is C23H27N7O4. The Hall–Kier alpha value is -3.44. The zero-order valence-corrected chi connectivity index (χ0v) is 19.0. The summed E-state index contributed by atoms with van der Waals surface area (Å²) in [5.74, 6) is 0.990. The second-order valence-corrected chi connectivity index (χ2v) is 9.12. The van der Waals surface area contributed by atoms with Gasteiger partial charge in [-0.05, 0) is 25.0 Å². The van der Waals surface area contributed by atoms with E-state index in [0.717, 1.165) is 12.8 Å². The minimum atomic E-state index is -0.268. The highest BCUT2D eigenvalue weighted by Gasteiger charge is 2.55. The largest absolute Gasteiger partial charge is 0.385 e. The fourth-order valence-electron chi connectivity index (χ4n) is 5.13. The van der Waals surface area contributed by atoms with E-state index in [-0.39, 0.29) is 29.7 Å². The first-order valence-corrected chi connectivity index (χ1v) is 11.5. The molecule has 3 aromatic heterocycles. The van der Waals surface area contributed by atoms with E-state index in [1.54, 1.807) is 30.9 Å². The smallest absolute Gasteiger partial charge is 0.274 e. The van der Waals surface area contributed by atoms with Crippen molar-refractivity contribution in [3.8, 4) is 0 Å². The van der Waals surface area contributed by atoms with Crippen molar-refractivity contribution < 1.29 is 14.3 Å². The van der Waals surface area contributed by atoms with Gasteiger partial charge in [-0.3, -0.25) is 9.59 Å². The summed E-state index contributed by atoms with van der Waals surface area (Å²) in [5.41, 5.74) is 1.83. The van der Waals surface area contributed by atoms with E-state index in [1.165, 1.54) is 10.7 Å². The molecule has 1 saturated heterocycles. The fraction of sp³-hybridized carbons (Fsp3) is 0.478. The number of nitrogens with zero attached hydrogens (tertiary/aromatic N) is 4. The van der Waals surface area contributed by atoms with Crippen molar-refractivity contribution in [3.63, 3.8) is 0 Å². The summed E-state index contributed by atoms with van der Waals surface area (Å²) >= 11 is 0. The van der Waals surface area contributed by atoms with Crippen LogP contribution in [0.25, 0.3) is 5.65 Å². The molecule has 3 aliphatic rings. The van der Waals surface area contributed by atoms with Gasteiger partial charge in [0, 0.05) is 44.3 Å². The average molecular weight is 466 g/mol. The molecule has 2 saturated carbocycles. The van der Waals surface area contributed by atoms with Crippen LogP contribution in [0.15, 0.2) is 35.4 Å². The van der Waals surface area contributed by atoms with Crippen molar-refractivity contribution in [2.75, 3.05) is 38.0 Å². The van der Waals surface area contributed by atoms with E-state index in [2.05, 4.69) is 26.0 Å². The molecule has 1 amide bonds. The fourth-order valence-corrected chi connectivity index (χ4v) is 5.13. The summed E-state index contributed by atoms with van der Waals surface area (Å²) in [6, 6.07) is 5.53. The molecule has 11 heteroatoms. The molecule has 34 heavy (non-hydrogen) atoms. The first-order valence-electron chi connectivity index (χ1n) is 11.5. The molecule has 11 nitrogen and oxygen atoms in total. The normalized spacial score (nSPS) is 27.2. The van der Waals surface area contributed by atoms with Crippen molar-refractivity contribution in [1.82, 2.24) is 24.5 Å².